The molecule has 0 bridgehead atoms. The minimum atomic E-state index is -0.0422. The molecule has 0 radical (unpaired) electrons. The minimum absolute atomic E-state index is 0.0422. The molecule has 1 aliphatic rings. The van der Waals surface area contributed by atoms with Crippen LogP contribution in [0, 0.1) is 0 Å². The molecule has 1 heterocycles. The summed E-state index contributed by atoms with van der Waals surface area (Å²) in [6.45, 7) is 0. The molecule has 0 aromatic carbocycles. The first-order valence-corrected chi connectivity index (χ1v) is 5.37. The van der Waals surface area contributed by atoms with E-state index in [1.165, 1.54) is 24.1 Å². The lowest BCUT2D eigenvalue weighted by Crippen LogP contribution is -2.37. The van der Waals surface area contributed by atoms with Gasteiger partial charge in [0.25, 0.3) is 0 Å². The van der Waals surface area contributed by atoms with Gasteiger partial charge in [-0.15, -0.1) is 11.3 Å². The van der Waals surface area contributed by atoms with E-state index in [9.17, 15) is 0 Å². The molecule has 1 aliphatic carbocycles. The molecule has 2 nitrogen and oxygen atoms in total. The van der Waals surface area contributed by atoms with Crippen LogP contribution >= 0.6 is 11.3 Å². The maximum atomic E-state index is 6.30. The Labute approximate surface area is 76.8 Å². The lowest BCUT2D eigenvalue weighted by molar-refractivity contribution is 0.307. The van der Waals surface area contributed by atoms with Crippen LogP contribution in [-0.4, -0.2) is 4.98 Å². The van der Waals surface area contributed by atoms with Crippen molar-refractivity contribution in [2.45, 2.75) is 37.6 Å². The summed E-state index contributed by atoms with van der Waals surface area (Å²) in [5.41, 5.74) is 8.13. The van der Waals surface area contributed by atoms with Gasteiger partial charge in [-0.05, 0) is 12.8 Å². The number of rotatable bonds is 1. The van der Waals surface area contributed by atoms with Crippen molar-refractivity contribution in [3.63, 3.8) is 0 Å². The molecule has 1 fully saturated rings. The molecule has 0 amide bonds. The highest BCUT2D eigenvalue weighted by atomic mass is 32.1. The van der Waals surface area contributed by atoms with Crippen molar-refractivity contribution in [2.75, 3.05) is 0 Å². The van der Waals surface area contributed by atoms with Gasteiger partial charge in [0.05, 0.1) is 11.0 Å². The highest BCUT2D eigenvalue weighted by molar-refractivity contribution is 7.09. The van der Waals surface area contributed by atoms with E-state index in [2.05, 4.69) is 4.98 Å². The Morgan fingerprint density at radius 3 is 2.67 bits per heavy atom. The number of nitrogens with zero attached hydrogens (tertiary/aromatic N) is 1. The monoisotopic (exact) mass is 182 g/mol. The zero-order chi connectivity index (χ0) is 8.44. The standard InChI is InChI=1S/C9H14N2S/c10-9(4-2-1-3-5-9)8-6-11-7-12-8/h6-7H,1-5,10H2. The Morgan fingerprint density at radius 1 is 1.33 bits per heavy atom. The minimum Gasteiger partial charge on any atom is -0.321 e. The molecular weight excluding hydrogens is 168 g/mol. The van der Waals surface area contributed by atoms with Crippen molar-refractivity contribution < 1.29 is 0 Å². The van der Waals surface area contributed by atoms with Gasteiger partial charge < -0.3 is 5.73 Å². The van der Waals surface area contributed by atoms with Gasteiger partial charge in [-0.1, -0.05) is 19.3 Å². The fourth-order valence-corrected chi connectivity index (χ4v) is 2.69. The van der Waals surface area contributed by atoms with Gasteiger partial charge in [0.1, 0.15) is 0 Å². The second-order valence-electron chi connectivity index (χ2n) is 3.58. The van der Waals surface area contributed by atoms with Crippen LogP contribution in [0.15, 0.2) is 11.7 Å². The summed E-state index contributed by atoms with van der Waals surface area (Å²) in [5, 5.41) is 0. The molecule has 12 heavy (non-hydrogen) atoms. The van der Waals surface area contributed by atoms with Gasteiger partial charge in [0, 0.05) is 11.1 Å². The SMILES string of the molecule is NC1(c2cncs2)CCCCC1. The van der Waals surface area contributed by atoms with Crippen LogP contribution < -0.4 is 5.73 Å². The fourth-order valence-electron chi connectivity index (χ4n) is 1.89. The van der Waals surface area contributed by atoms with E-state index in [-0.39, 0.29) is 5.54 Å². The van der Waals surface area contributed by atoms with E-state index in [1.807, 2.05) is 11.7 Å². The maximum absolute atomic E-state index is 6.30. The van der Waals surface area contributed by atoms with E-state index in [0.717, 1.165) is 12.8 Å². The molecule has 3 heteroatoms. The van der Waals surface area contributed by atoms with Crippen LogP contribution in [0.3, 0.4) is 0 Å². The van der Waals surface area contributed by atoms with E-state index in [4.69, 9.17) is 5.73 Å². The average Bonchev–Trinajstić information content (AvgIpc) is 2.58. The molecule has 66 valence electrons. The lowest BCUT2D eigenvalue weighted by atomic mass is 9.82. The Morgan fingerprint density at radius 2 is 2.08 bits per heavy atom. The third-order valence-electron chi connectivity index (χ3n) is 2.67. The zero-order valence-corrected chi connectivity index (χ0v) is 7.94. The van der Waals surface area contributed by atoms with Gasteiger partial charge >= 0.3 is 0 Å². The molecule has 0 saturated heterocycles. The Balaban J connectivity index is 2.19. The van der Waals surface area contributed by atoms with Crippen molar-refractivity contribution in [3.8, 4) is 0 Å². The van der Waals surface area contributed by atoms with Crippen molar-refractivity contribution >= 4 is 11.3 Å². The normalized spacial score (nSPS) is 22.4. The van der Waals surface area contributed by atoms with Gasteiger partial charge in [0.15, 0.2) is 0 Å². The fraction of sp³-hybridized carbons (Fsp3) is 0.667. The van der Waals surface area contributed by atoms with Crippen LogP contribution in [-0.2, 0) is 5.54 Å². The zero-order valence-electron chi connectivity index (χ0n) is 7.12. The molecule has 0 aliphatic heterocycles. The number of aromatic nitrogens is 1. The Hall–Kier alpha value is -0.410. The summed E-state index contributed by atoms with van der Waals surface area (Å²) in [7, 11) is 0. The Kier molecular flexibility index (Phi) is 2.15. The quantitative estimate of drug-likeness (QED) is 0.723. The molecule has 2 N–H and O–H groups in total. The van der Waals surface area contributed by atoms with E-state index >= 15 is 0 Å². The van der Waals surface area contributed by atoms with Crippen molar-refractivity contribution in [1.29, 1.82) is 0 Å². The lowest BCUT2D eigenvalue weighted by Gasteiger charge is -2.31. The highest BCUT2D eigenvalue weighted by Gasteiger charge is 2.30. The third-order valence-corrected chi connectivity index (χ3v) is 3.66. The molecular formula is C9H14N2S. The molecule has 2 rings (SSSR count). The van der Waals surface area contributed by atoms with E-state index in [0.29, 0.717) is 0 Å². The maximum Gasteiger partial charge on any atom is 0.0794 e. The molecule has 0 spiro atoms. The van der Waals surface area contributed by atoms with Gasteiger partial charge in [-0.2, -0.15) is 0 Å². The number of thiazole rings is 1. The number of hydrogen-bond donors (Lipinski definition) is 1. The number of hydrogen-bond acceptors (Lipinski definition) is 3. The van der Waals surface area contributed by atoms with Gasteiger partial charge in [-0.3, -0.25) is 4.98 Å². The van der Waals surface area contributed by atoms with Crippen molar-refractivity contribution in [3.05, 3.63) is 16.6 Å². The van der Waals surface area contributed by atoms with Crippen LogP contribution in [0.4, 0.5) is 0 Å². The predicted octanol–water partition coefficient (Wildman–Crippen LogP) is 2.26. The van der Waals surface area contributed by atoms with Crippen molar-refractivity contribution in [2.24, 2.45) is 5.73 Å². The van der Waals surface area contributed by atoms with Crippen LogP contribution in [0.25, 0.3) is 0 Å². The van der Waals surface area contributed by atoms with Crippen molar-refractivity contribution in [1.82, 2.24) is 4.98 Å². The second-order valence-corrected chi connectivity index (χ2v) is 4.47. The van der Waals surface area contributed by atoms with Crippen LogP contribution in [0.2, 0.25) is 0 Å². The molecule has 0 atom stereocenters. The van der Waals surface area contributed by atoms with Crippen LogP contribution in [0.5, 0.6) is 0 Å². The molecule has 0 unspecified atom stereocenters. The molecule has 1 aromatic heterocycles. The largest absolute Gasteiger partial charge is 0.321 e. The summed E-state index contributed by atoms with van der Waals surface area (Å²) >= 11 is 1.69. The summed E-state index contributed by atoms with van der Waals surface area (Å²) < 4.78 is 0. The van der Waals surface area contributed by atoms with Crippen LogP contribution in [0.1, 0.15) is 37.0 Å². The molecule has 1 aromatic rings. The summed E-state index contributed by atoms with van der Waals surface area (Å²) in [6, 6.07) is 0. The summed E-state index contributed by atoms with van der Waals surface area (Å²) in [6.07, 6.45) is 8.08. The first-order valence-electron chi connectivity index (χ1n) is 4.49. The van der Waals surface area contributed by atoms with E-state index in [1.54, 1.807) is 11.3 Å². The van der Waals surface area contributed by atoms with E-state index < -0.39 is 0 Å². The third kappa shape index (κ3) is 1.39. The highest BCUT2D eigenvalue weighted by Crippen LogP contribution is 2.36. The summed E-state index contributed by atoms with van der Waals surface area (Å²) in [4.78, 5) is 5.35. The average molecular weight is 182 g/mol. The van der Waals surface area contributed by atoms with Gasteiger partial charge in [0.2, 0.25) is 0 Å². The molecule has 1 saturated carbocycles. The topological polar surface area (TPSA) is 38.9 Å². The summed E-state index contributed by atoms with van der Waals surface area (Å²) in [5.74, 6) is 0. The smallest absolute Gasteiger partial charge is 0.0794 e. The first-order chi connectivity index (χ1) is 5.81. The Bertz CT molecular complexity index is 237. The number of nitrogens with two attached hydrogens (primary N) is 1. The predicted molar refractivity (Wildman–Crippen MR) is 51.1 cm³/mol. The van der Waals surface area contributed by atoms with Gasteiger partial charge in [-0.25, -0.2) is 0 Å². The first kappa shape index (κ1) is 8.20. The second kappa shape index (κ2) is 3.15.